The zero-order valence-electron chi connectivity index (χ0n) is 9.84. The normalized spacial score (nSPS) is 12.5. The first-order chi connectivity index (χ1) is 8.97. The summed E-state index contributed by atoms with van der Waals surface area (Å²) >= 11 is 9.38. The Kier molecular flexibility index (Phi) is 4.55. The van der Waals surface area contributed by atoms with Crippen LogP contribution in [0, 0.1) is 11.6 Å². The van der Waals surface area contributed by atoms with E-state index in [-0.39, 0.29) is 5.56 Å². The van der Waals surface area contributed by atoms with E-state index in [1.165, 1.54) is 0 Å². The summed E-state index contributed by atoms with van der Waals surface area (Å²) in [5.74, 6) is -1.02. The van der Waals surface area contributed by atoms with Gasteiger partial charge in [0, 0.05) is 21.1 Å². The summed E-state index contributed by atoms with van der Waals surface area (Å²) in [6, 6.07) is 8.00. The number of nitrogens with two attached hydrogens (primary N) is 1. The molecule has 100 valence electrons. The highest BCUT2D eigenvalue weighted by atomic mass is 79.9. The second-order valence-electron chi connectivity index (χ2n) is 4.21. The van der Waals surface area contributed by atoms with Gasteiger partial charge >= 0.3 is 0 Å². The molecule has 0 aliphatic rings. The molecule has 19 heavy (non-hydrogen) atoms. The molecule has 0 radical (unpaired) electrons. The highest BCUT2D eigenvalue weighted by molar-refractivity contribution is 9.10. The van der Waals surface area contributed by atoms with Crippen LogP contribution >= 0.6 is 27.5 Å². The summed E-state index contributed by atoms with van der Waals surface area (Å²) in [6.45, 7) is 0. The van der Waals surface area contributed by atoms with Crippen LogP contribution in [0.5, 0.6) is 0 Å². The zero-order chi connectivity index (χ0) is 14.0. The average molecular weight is 347 g/mol. The third kappa shape index (κ3) is 3.53. The molecular formula is C14H11BrClF2N. The molecule has 0 bridgehead atoms. The van der Waals surface area contributed by atoms with Crippen molar-refractivity contribution in [1.82, 2.24) is 0 Å². The van der Waals surface area contributed by atoms with Gasteiger partial charge in [0.2, 0.25) is 0 Å². The van der Waals surface area contributed by atoms with Crippen LogP contribution in [-0.2, 0) is 6.42 Å². The van der Waals surface area contributed by atoms with E-state index < -0.39 is 17.7 Å². The van der Waals surface area contributed by atoms with Crippen molar-refractivity contribution in [3.63, 3.8) is 0 Å². The van der Waals surface area contributed by atoms with Crippen LogP contribution < -0.4 is 5.73 Å². The molecule has 5 heteroatoms. The molecule has 2 aromatic rings. The first-order valence-electron chi connectivity index (χ1n) is 5.62. The highest BCUT2D eigenvalue weighted by Crippen LogP contribution is 2.26. The summed E-state index contributed by atoms with van der Waals surface area (Å²) in [7, 11) is 0. The molecule has 2 N–H and O–H groups in total. The quantitative estimate of drug-likeness (QED) is 0.862. The predicted molar refractivity (Wildman–Crippen MR) is 76.1 cm³/mol. The number of benzene rings is 2. The van der Waals surface area contributed by atoms with Crippen LogP contribution in [0.25, 0.3) is 0 Å². The largest absolute Gasteiger partial charge is 0.324 e. The minimum absolute atomic E-state index is 0.152. The van der Waals surface area contributed by atoms with Gasteiger partial charge in [-0.25, -0.2) is 8.78 Å². The molecule has 0 heterocycles. The summed E-state index contributed by atoms with van der Waals surface area (Å²) in [5.41, 5.74) is 6.87. The minimum Gasteiger partial charge on any atom is -0.324 e. The minimum atomic E-state index is -0.644. The molecule has 0 saturated heterocycles. The monoisotopic (exact) mass is 345 g/mol. The number of hydrogen-bond acceptors (Lipinski definition) is 1. The third-order valence-electron chi connectivity index (χ3n) is 2.81. The fraction of sp³-hybridized carbons (Fsp3) is 0.143. The molecule has 0 amide bonds. The Balaban J connectivity index is 2.25. The fourth-order valence-corrected chi connectivity index (χ4v) is 2.58. The molecule has 1 unspecified atom stereocenters. The van der Waals surface area contributed by atoms with E-state index in [1.807, 2.05) is 12.1 Å². The molecule has 0 saturated carbocycles. The molecule has 1 nitrogen and oxygen atoms in total. The van der Waals surface area contributed by atoms with Crippen LogP contribution in [-0.4, -0.2) is 0 Å². The van der Waals surface area contributed by atoms with Crippen molar-refractivity contribution in [3.05, 3.63) is 68.7 Å². The molecule has 0 fully saturated rings. The molecule has 2 rings (SSSR count). The van der Waals surface area contributed by atoms with Crippen molar-refractivity contribution in [2.75, 3.05) is 0 Å². The van der Waals surface area contributed by atoms with E-state index in [0.29, 0.717) is 11.4 Å². The van der Waals surface area contributed by atoms with Gasteiger partial charge in [-0.2, -0.15) is 0 Å². The average Bonchev–Trinajstić information content (AvgIpc) is 2.35. The summed E-state index contributed by atoms with van der Waals surface area (Å²) in [5, 5.41) is 0.543. The van der Waals surface area contributed by atoms with Crippen molar-refractivity contribution in [1.29, 1.82) is 0 Å². The van der Waals surface area contributed by atoms with Gasteiger partial charge in [-0.15, -0.1) is 0 Å². The van der Waals surface area contributed by atoms with Crippen molar-refractivity contribution in [2.45, 2.75) is 12.5 Å². The Labute approximate surface area is 123 Å². The van der Waals surface area contributed by atoms with Crippen molar-refractivity contribution >= 4 is 27.5 Å². The zero-order valence-corrected chi connectivity index (χ0v) is 12.2. The first-order valence-corrected chi connectivity index (χ1v) is 6.79. The molecule has 0 aliphatic carbocycles. The van der Waals surface area contributed by atoms with E-state index in [4.69, 9.17) is 17.3 Å². The van der Waals surface area contributed by atoms with Crippen LogP contribution in [0.3, 0.4) is 0 Å². The van der Waals surface area contributed by atoms with E-state index in [1.54, 1.807) is 6.07 Å². The van der Waals surface area contributed by atoms with Crippen molar-refractivity contribution < 1.29 is 8.78 Å². The lowest BCUT2D eigenvalue weighted by atomic mass is 9.99. The van der Waals surface area contributed by atoms with Gasteiger partial charge in [-0.3, -0.25) is 0 Å². The van der Waals surface area contributed by atoms with E-state index in [2.05, 4.69) is 15.9 Å². The third-order valence-corrected chi connectivity index (χ3v) is 3.66. The topological polar surface area (TPSA) is 26.0 Å². The smallest absolute Gasteiger partial charge is 0.128 e. The maximum absolute atomic E-state index is 13.6. The molecular weight excluding hydrogens is 336 g/mol. The lowest BCUT2D eigenvalue weighted by molar-refractivity contribution is 0.561. The van der Waals surface area contributed by atoms with Crippen LogP contribution in [0.4, 0.5) is 8.78 Å². The lowest BCUT2D eigenvalue weighted by Gasteiger charge is -2.14. The second-order valence-corrected chi connectivity index (χ2v) is 5.54. The van der Waals surface area contributed by atoms with Crippen LogP contribution in [0.15, 0.2) is 40.9 Å². The number of rotatable bonds is 3. The Hall–Kier alpha value is -0.970. The fourth-order valence-electron chi connectivity index (χ4n) is 1.83. The standard InChI is InChI=1S/C14H11BrClF2N/c15-9-2-1-8(12(16)6-9)5-14(19)11-7-10(17)3-4-13(11)18/h1-4,6-7,14H,5,19H2. The van der Waals surface area contributed by atoms with Gasteiger partial charge < -0.3 is 5.73 Å². The molecule has 2 aromatic carbocycles. The van der Waals surface area contributed by atoms with Gasteiger partial charge in [-0.05, 0) is 42.3 Å². The molecule has 0 aromatic heterocycles. The molecule has 1 atom stereocenters. The summed E-state index contributed by atoms with van der Waals surface area (Å²) in [6.07, 6.45) is 0.340. The number of hydrogen-bond donors (Lipinski definition) is 1. The van der Waals surface area contributed by atoms with E-state index >= 15 is 0 Å². The second kappa shape index (κ2) is 5.99. The molecule has 0 aliphatic heterocycles. The van der Waals surface area contributed by atoms with Gasteiger partial charge in [0.15, 0.2) is 0 Å². The molecule has 0 spiro atoms. The van der Waals surface area contributed by atoms with Gasteiger partial charge in [0.1, 0.15) is 11.6 Å². The Bertz CT molecular complexity index is 604. The summed E-state index contributed by atoms with van der Waals surface area (Å²) < 4.78 is 27.6. The Morgan fingerprint density at radius 1 is 1.16 bits per heavy atom. The van der Waals surface area contributed by atoms with Gasteiger partial charge in [0.25, 0.3) is 0 Å². The predicted octanol–water partition coefficient (Wildman–Crippen LogP) is 4.62. The summed E-state index contributed by atoms with van der Waals surface area (Å²) in [4.78, 5) is 0. The maximum Gasteiger partial charge on any atom is 0.128 e. The van der Waals surface area contributed by atoms with Crippen molar-refractivity contribution in [3.8, 4) is 0 Å². The van der Waals surface area contributed by atoms with Crippen LogP contribution in [0.1, 0.15) is 17.2 Å². The SMILES string of the molecule is NC(Cc1ccc(Br)cc1Cl)c1cc(F)ccc1F. The first kappa shape index (κ1) is 14.4. The lowest BCUT2D eigenvalue weighted by Crippen LogP contribution is -2.15. The van der Waals surface area contributed by atoms with E-state index in [9.17, 15) is 8.78 Å². The Morgan fingerprint density at radius 2 is 1.89 bits per heavy atom. The highest BCUT2D eigenvalue weighted by Gasteiger charge is 2.14. The number of halogens is 4. The van der Waals surface area contributed by atoms with Crippen LogP contribution in [0.2, 0.25) is 5.02 Å². The maximum atomic E-state index is 13.6. The van der Waals surface area contributed by atoms with Gasteiger partial charge in [0.05, 0.1) is 0 Å². The van der Waals surface area contributed by atoms with E-state index in [0.717, 1.165) is 28.2 Å². The Morgan fingerprint density at radius 3 is 2.58 bits per heavy atom. The van der Waals surface area contributed by atoms with Crippen molar-refractivity contribution in [2.24, 2.45) is 5.73 Å². The van der Waals surface area contributed by atoms with Gasteiger partial charge in [-0.1, -0.05) is 33.6 Å².